The molecule has 150 valence electrons. The minimum atomic E-state index is -0.770. The van der Waals surface area contributed by atoms with Gasteiger partial charge in [0.05, 0.1) is 16.7 Å². The van der Waals surface area contributed by atoms with E-state index in [4.69, 9.17) is 0 Å². The Labute approximate surface area is 172 Å². The van der Waals surface area contributed by atoms with Crippen LogP contribution >= 0.6 is 11.3 Å². The lowest BCUT2D eigenvalue weighted by molar-refractivity contribution is -0.140. The van der Waals surface area contributed by atoms with Gasteiger partial charge >= 0.3 is 0 Å². The summed E-state index contributed by atoms with van der Waals surface area (Å²) in [6.07, 6.45) is 0.338. The van der Waals surface area contributed by atoms with Gasteiger partial charge in [-0.1, -0.05) is 36.4 Å². The van der Waals surface area contributed by atoms with Crippen molar-refractivity contribution in [2.45, 2.75) is 12.5 Å². The van der Waals surface area contributed by atoms with E-state index in [0.29, 0.717) is 11.3 Å². The molecular weight excluding hydrogens is 390 g/mol. The van der Waals surface area contributed by atoms with E-state index in [-0.39, 0.29) is 36.7 Å². The number of likely N-dealkylation sites (tertiary alicyclic amines) is 2. The second-order valence-electron chi connectivity index (χ2n) is 7.38. The first-order valence-corrected chi connectivity index (χ1v) is 10.3. The molecule has 2 aliphatic heterocycles. The van der Waals surface area contributed by atoms with Crippen molar-refractivity contribution >= 4 is 35.0 Å². The van der Waals surface area contributed by atoms with Gasteiger partial charge in [-0.2, -0.15) is 0 Å². The van der Waals surface area contributed by atoms with Gasteiger partial charge < -0.3 is 10.2 Å². The Hall–Kier alpha value is -3.00. The summed E-state index contributed by atoms with van der Waals surface area (Å²) >= 11 is 1.31. The lowest BCUT2D eigenvalue weighted by Gasteiger charge is -2.25. The third-order valence-electron chi connectivity index (χ3n) is 5.56. The lowest BCUT2D eigenvalue weighted by atomic mass is 10.00. The van der Waals surface area contributed by atoms with Crippen LogP contribution < -0.4 is 5.32 Å². The second kappa shape index (κ2) is 7.79. The predicted octanol–water partition coefficient (Wildman–Crippen LogP) is 1.16. The number of carbonyl (C=O) groups is 4. The normalized spacial score (nSPS) is 22.0. The van der Waals surface area contributed by atoms with E-state index >= 15 is 0 Å². The molecule has 0 aliphatic carbocycles. The summed E-state index contributed by atoms with van der Waals surface area (Å²) in [6.45, 7) is 0.414. The molecule has 1 unspecified atom stereocenters. The summed E-state index contributed by atoms with van der Waals surface area (Å²) < 4.78 is 0. The van der Waals surface area contributed by atoms with Crippen molar-refractivity contribution in [1.29, 1.82) is 0 Å². The van der Waals surface area contributed by atoms with Crippen molar-refractivity contribution in [3.63, 3.8) is 0 Å². The fourth-order valence-corrected chi connectivity index (χ4v) is 4.62. The van der Waals surface area contributed by atoms with Gasteiger partial charge in [-0.05, 0) is 17.0 Å². The third-order valence-corrected chi connectivity index (χ3v) is 6.43. The standard InChI is InChI=1S/C21H21N3O4S/c1-23-19(26)14-11-24(12-15(14)20(23)27)21(28)16(10-13-6-3-2-4-7-13)22-18(25)17-8-5-9-29-17/h2-9,14-16H,10-12H2,1H3,(H,22,25)/t14-,15+,16?. The van der Waals surface area contributed by atoms with E-state index in [1.165, 1.54) is 18.4 Å². The second-order valence-corrected chi connectivity index (χ2v) is 8.33. The topological polar surface area (TPSA) is 86.8 Å². The van der Waals surface area contributed by atoms with Crippen LogP contribution in [0.5, 0.6) is 0 Å². The molecule has 0 bridgehead atoms. The van der Waals surface area contributed by atoms with E-state index in [2.05, 4.69) is 5.32 Å². The first-order chi connectivity index (χ1) is 14.0. The maximum atomic E-state index is 13.3. The number of imide groups is 1. The minimum absolute atomic E-state index is 0.207. The number of nitrogens with one attached hydrogen (secondary N) is 1. The average Bonchev–Trinajstić information content (AvgIpc) is 3.45. The average molecular weight is 411 g/mol. The van der Waals surface area contributed by atoms with Crippen LogP contribution in [0.1, 0.15) is 15.2 Å². The SMILES string of the molecule is CN1C(=O)[C@H]2CN(C(=O)C(Cc3ccccc3)NC(=O)c3cccs3)C[C@H]2C1=O. The predicted molar refractivity (Wildman–Crippen MR) is 107 cm³/mol. The first kappa shape index (κ1) is 19.3. The number of thiophene rings is 1. The fraction of sp³-hybridized carbons (Fsp3) is 0.333. The highest BCUT2D eigenvalue weighted by Crippen LogP contribution is 2.33. The third kappa shape index (κ3) is 3.67. The van der Waals surface area contributed by atoms with Gasteiger partial charge in [0, 0.05) is 26.6 Å². The molecule has 2 fully saturated rings. The molecule has 1 aromatic carbocycles. The molecule has 0 spiro atoms. The van der Waals surface area contributed by atoms with Gasteiger partial charge in [0.25, 0.3) is 5.91 Å². The molecule has 3 heterocycles. The maximum absolute atomic E-state index is 13.3. The molecule has 2 aliphatic rings. The van der Waals surface area contributed by atoms with Crippen LogP contribution in [0.4, 0.5) is 0 Å². The maximum Gasteiger partial charge on any atom is 0.262 e. The molecule has 1 N–H and O–H groups in total. The van der Waals surface area contributed by atoms with Crippen molar-refractivity contribution < 1.29 is 19.2 Å². The van der Waals surface area contributed by atoms with Crippen LogP contribution in [0.3, 0.4) is 0 Å². The van der Waals surface area contributed by atoms with Gasteiger partial charge in [0.2, 0.25) is 17.7 Å². The Balaban J connectivity index is 1.52. The van der Waals surface area contributed by atoms with Crippen LogP contribution in [0.2, 0.25) is 0 Å². The molecule has 29 heavy (non-hydrogen) atoms. The monoisotopic (exact) mass is 411 g/mol. The zero-order valence-corrected chi connectivity index (χ0v) is 16.7. The summed E-state index contributed by atoms with van der Waals surface area (Å²) in [7, 11) is 1.48. The van der Waals surface area contributed by atoms with Gasteiger partial charge in [-0.25, -0.2) is 0 Å². The number of fused-ring (bicyclic) bond motifs is 1. The first-order valence-electron chi connectivity index (χ1n) is 9.44. The molecule has 7 nitrogen and oxygen atoms in total. The largest absolute Gasteiger partial charge is 0.339 e. The van der Waals surface area contributed by atoms with Gasteiger partial charge in [0.1, 0.15) is 6.04 Å². The molecule has 4 amide bonds. The lowest BCUT2D eigenvalue weighted by Crippen LogP contribution is -2.50. The Morgan fingerprint density at radius 2 is 1.72 bits per heavy atom. The Bertz CT molecular complexity index is 920. The molecular formula is C21H21N3O4S. The van der Waals surface area contributed by atoms with Crippen LogP contribution in [0.25, 0.3) is 0 Å². The van der Waals surface area contributed by atoms with Gasteiger partial charge in [-0.3, -0.25) is 24.1 Å². The quantitative estimate of drug-likeness (QED) is 0.748. The smallest absolute Gasteiger partial charge is 0.262 e. The zero-order chi connectivity index (χ0) is 20.5. The highest BCUT2D eigenvalue weighted by Gasteiger charge is 2.52. The summed E-state index contributed by atoms with van der Waals surface area (Å²) in [5.41, 5.74) is 0.920. The molecule has 2 saturated heterocycles. The van der Waals surface area contributed by atoms with E-state index in [9.17, 15) is 19.2 Å². The summed E-state index contributed by atoms with van der Waals surface area (Å²) in [5.74, 6) is -2.02. The minimum Gasteiger partial charge on any atom is -0.339 e. The summed E-state index contributed by atoms with van der Waals surface area (Å²) in [5, 5.41) is 4.65. The van der Waals surface area contributed by atoms with E-state index in [1.54, 1.807) is 22.4 Å². The number of hydrogen-bond acceptors (Lipinski definition) is 5. The van der Waals surface area contributed by atoms with Crippen LogP contribution in [-0.4, -0.2) is 59.6 Å². The molecule has 3 atom stereocenters. The number of carbonyl (C=O) groups excluding carboxylic acids is 4. The number of rotatable bonds is 5. The van der Waals surface area contributed by atoms with E-state index in [0.717, 1.165) is 10.5 Å². The highest BCUT2D eigenvalue weighted by atomic mass is 32.1. The highest BCUT2D eigenvalue weighted by molar-refractivity contribution is 7.12. The van der Waals surface area contributed by atoms with Crippen LogP contribution in [-0.2, 0) is 20.8 Å². The molecule has 1 aromatic heterocycles. The molecule has 4 rings (SSSR count). The zero-order valence-electron chi connectivity index (χ0n) is 15.9. The Morgan fingerprint density at radius 3 is 2.31 bits per heavy atom. The van der Waals surface area contributed by atoms with Gasteiger partial charge in [0.15, 0.2) is 0 Å². The summed E-state index contributed by atoms with van der Waals surface area (Å²) in [4.78, 5) is 53.6. The molecule has 2 aromatic rings. The Morgan fingerprint density at radius 1 is 1.07 bits per heavy atom. The van der Waals surface area contributed by atoms with Crippen molar-refractivity contribution in [3.8, 4) is 0 Å². The van der Waals surface area contributed by atoms with Crippen LogP contribution in [0, 0.1) is 11.8 Å². The molecule has 8 heteroatoms. The van der Waals surface area contributed by atoms with Crippen molar-refractivity contribution in [2.75, 3.05) is 20.1 Å². The van der Waals surface area contributed by atoms with Crippen LogP contribution in [0.15, 0.2) is 47.8 Å². The van der Waals surface area contributed by atoms with Crippen molar-refractivity contribution in [2.24, 2.45) is 11.8 Å². The number of hydrogen-bond donors (Lipinski definition) is 1. The summed E-state index contributed by atoms with van der Waals surface area (Å²) in [6, 6.07) is 12.2. The van der Waals surface area contributed by atoms with Crippen molar-refractivity contribution in [3.05, 3.63) is 58.3 Å². The number of benzene rings is 1. The van der Waals surface area contributed by atoms with E-state index < -0.39 is 17.9 Å². The Kier molecular flexibility index (Phi) is 5.19. The van der Waals surface area contributed by atoms with E-state index in [1.807, 2.05) is 30.3 Å². The van der Waals surface area contributed by atoms with Gasteiger partial charge in [-0.15, -0.1) is 11.3 Å². The fourth-order valence-electron chi connectivity index (χ4n) is 4.00. The molecule has 0 radical (unpaired) electrons. The molecule has 0 saturated carbocycles. The number of nitrogens with zero attached hydrogens (tertiary/aromatic N) is 2. The van der Waals surface area contributed by atoms with Crippen molar-refractivity contribution in [1.82, 2.24) is 15.1 Å². The number of amides is 4.